The maximum atomic E-state index is 12.1. The van der Waals surface area contributed by atoms with Gasteiger partial charge in [0.1, 0.15) is 6.61 Å². The first kappa shape index (κ1) is 17.8. The van der Waals surface area contributed by atoms with Crippen LogP contribution >= 0.6 is 23.2 Å². The van der Waals surface area contributed by atoms with Gasteiger partial charge in [-0.15, -0.1) is 0 Å². The van der Waals surface area contributed by atoms with Crippen molar-refractivity contribution in [3.05, 3.63) is 64.1 Å². The van der Waals surface area contributed by atoms with Gasteiger partial charge in [0.25, 0.3) is 0 Å². The predicted molar refractivity (Wildman–Crippen MR) is 89.4 cm³/mol. The molecule has 0 fully saturated rings. The number of rotatable bonds is 6. The van der Waals surface area contributed by atoms with E-state index in [-0.39, 0.29) is 23.7 Å². The summed E-state index contributed by atoms with van der Waals surface area (Å²) in [4.78, 5) is 11.9. The van der Waals surface area contributed by atoms with E-state index in [4.69, 9.17) is 27.9 Å². The fraction of sp³-hybridized carbons (Fsp3) is 0.188. The third-order valence-electron chi connectivity index (χ3n) is 3.06. The minimum absolute atomic E-state index is 0.0150. The number of hydrogen-bond acceptors (Lipinski definition) is 4. The Kier molecular flexibility index (Phi) is 6.04. The van der Waals surface area contributed by atoms with Gasteiger partial charge in [0.2, 0.25) is 0 Å². The van der Waals surface area contributed by atoms with E-state index < -0.39 is 15.8 Å². The molecule has 0 aliphatic carbocycles. The Morgan fingerprint density at radius 3 is 2.35 bits per heavy atom. The fourth-order valence-corrected chi connectivity index (χ4v) is 3.39. The number of sulfone groups is 1. The Bertz CT molecular complexity index is 789. The normalized spacial score (nSPS) is 11.2. The molecular formula is C16H14Cl2O4S. The number of esters is 1. The second-order valence-corrected chi connectivity index (χ2v) is 7.71. The summed E-state index contributed by atoms with van der Waals surface area (Å²) in [5, 5.41) is 0.780. The molecule has 0 radical (unpaired) electrons. The molecule has 0 bridgehead atoms. The van der Waals surface area contributed by atoms with Gasteiger partial charge in [-0.1, -0.05) is 47.5 Å². The molecule has 0 amide bonds. The monoisotopic (exact) mass is 372 g/mol. The van der Waals surface area contributed by atoms with Crippen LogP contribution in [0.5, 0.6) is 0 Å². The van der Waals surface area contributed by atoms with Crippen molar-refractivity contribution in [2.45, 2.75) is 17.9 Å². The van der Waals surface area contributed by atoms with Crippen LogP contribution in [0.2, 0.25) is 10.0 Å². The molecule has 0 aliphatic rings. The molecule has 0 saturated carbocycles. The zero-order valence-corrected chi connectivity index (χ0v) is 14.4. The average Bonchev–Trinajstić information content (AvgIpc) is 2.55. The summed E-state index contributed by atoms with van der Waals surface area (Å²) in [6.45, 7) is 0.0150. The quantitative estimate of drug-likeness (QED) is 0.721. The third kappa shape index (κ3) is 5.23. The Hall–Kier alpha value is -1.56. The topological polar surface area (TPSA) is 60.4 Å². The molecule has 0 atom stereocenters. The van der Waals surface area contributed by atoms with E-state index >= 15 is 0 Å². The number of ether oxygens (including phenoxy) is 1. The van der Waals surface area contributed by atoms with E-state index in [1.807, 2.05) is 0 Å². The van der Waals surface area contributed by atoms with Gasteiger partial charge in [0.05, 0.1) is 27.1 Å². The summed E-state index contributed by atoms with van der Waals surface area (Å²) in [5.74, 6) is -0.882. The molecule has 2 aromatic carbocycles. The Labute approximate surface area is 144 Å². The molecule has 0 unspecified atom stereocenters. The largest absolute Gasteiger partial charge is 0.461 e. The Balaban J connectivity index is 1.87. The minimum atomic E-state index is -3.49. The highest BCUT2D eigenvalue weighted by Gasteiger charge is 2.16. The lowest BCUT2D eigenvalue weighted by atomic mass is 10.2. The second kappa shape index (κ2) is 7.81. The highest BCUT2D eigenvalue weighted by molar-refractivity contribution is 7.91. The van der Waals surface area contributed by atoms with Gasteiger partial charge in [0.15, 0.2) is 9.84 Å². The minimum Gasteiger partial charge on any atom is -0.461 e. The first-order valence-corrected chi connectivity index (χ1v) is 9.17. The number of benzene rings is 2. The molecule has 122 valence electrons. The summed E-state index contributed by atoms with van der Waals surface area (Å²) in [5.41, 5.74) is 0.679. The summed E-state index contributed by atoms with van der Waals surface area (Å²) >= 11 is 11.7. The SMILES string of the molecule is O=C(CCS(=O)(=O)c1ccccc1)OCc1ccc(Cl)c(Cl)c1. The van der Waals surface area contributed by atoms with Crippen molar-refractivity contribution in [2.24, 2.45) is 0 Å². The average molecular weight is 373 g/mol. The third-order valence-corrected chi connectivity index (χ3v) is 5.53. The summed E-state index contributed by atoms with van der Waals surface area (Å²) in [6.07, 6.45) is -0.210. The number of carbonyl (C=O) groups excluding carboxylic acids is 1. The van der Waals surface area contributed by atoms with Crippen molar-refractivity contribution < 1.29 is 17.9 Å². The highest BCUT2D eigenvalue weighted by Crippen LogP contribution is 2.23. The molecule has 0 aromatic heterocycles. The molecule has 0 N–H and O–H groups in total. The lowest BCUT2D eigenvalue weighted by Crippen LogP contribution is -2.13. The van der Waals surface area contributed by atoms with E-state index in [1.165, 1.54) is 12.1 Å². The van der Waals surface area contributed by atoms with E-state index in [0.29, 0.717) is 15.6 Å². The standard InChI is InChI=1S/C16H14Cl2O4S/c17-14-7-6-12(10-15(14)18)11-22-16(19)8-9-23(20,21)13-4-2-1-3-5-13/h1-7,10H,8-9,11H2. The van der Waals surface area contributed by atoms with Crippen LogP contribution in [0.3, 0.4) is 0 Å². The van der Waals surface area contributed by atoms with E-state index in [9.17, 15) is 13.2 Å². The lowest BCUT2D eigenvalue weighted by molar-refractivity contribution is -0.144. The molecular weight excluding hydrogens is 359 g/mol. The van der Waals surface area contributed by atoms with Crippen LogP contribution in [0.1, 0.15) is 12.0 Å². The fourth-order valence-electron chi connectivity index (χ4n) is 1.83. The molecule has 7 heteroatoms. The van der Waals surface area contributed by atoms with Crippen LogP contribution in [0, 0.1) is 0 Å². The van der Waals surface area contributed by atoms with Gasteiger partial charge in [-0.3, -0.25) is 4.79 Å². The summed E-state index contributed by atoms with van der Waals surface area (Å²) in [7, 11) is -3.49. The zero-order chi connectivity index (χ0) is 16.9. The van der Waals surface area contributed by atoms with Crippen molar-refractivity contribution in [3.63, 3.8) is 0 Å². The predicted octanol–water partition coefficient (Wildman–Crippen LogP) is 3.90. The molecule has 0 heterocycles. The van der Waals surface area contributed by atoms with Crippen molar-refractivity contribution in [1.82, 2.24) is 0 Å². The van der Waals surface area contributed by atoms with Crippen LogP contribution in [-0.2, 0) is 26.0 Å². The molecule has 0 spiro atoms. The maximum Gasteiger partial charge on any atom is 0.307 e. The summed E-state index contributed by atoms with van der Waals surface area (Å²) in [6, 6.07) is 12.9. The van der Waals surface area contributed by atoms with Crippen LogP contribution in [0.15, 0.2) is 53.4 Å². The van der Waals surface area contributed by atoms with E-state index in [0.717, 1.165) is 0 Å². The molecule has 2 aromatic rings. The maximum absolute atomic E-state index is 12.1. The van der Waals surface area contributed by atoms with Gasteiger partial charge in [-0.25, -0.2) is 8.42 Å². The number of halogens is 2. The van der Waals surface area contributed by atoms with Gasteiger partial charge < -0.3 is 4.74 Å². The smallest absolute Gasteiger partial charge is 0.307 e. The Morgan fingerprint density at radius 2 is 1.70 bits per heavy atom. The van der Waals surface area contributed by atoms with Gasteiger partial charge in [-0.05, 0) is 29.8 Å². The second-order valence-electron chi connectivity index (χ2n) is 4.79. The van der Waals surface area contributed by atoms with Crippen molar-refractivity contribution in [1.29, 1.82) is 0 Å². The van der Waals surface area contributed by atoms with Gasteiger partial charge in [-0.2, -0.15) is 0 Å². The van der Waals surface area contributed by atoms with Crippen LogP contribution in [0.4, 0.5) is 0 Å². The zero-order valence-electron chi connectivity index (χ0n) is 12.0. The first-order valence-electron chi connectivity index (χ1n) is 6.76. The van der Waals surface area contributed by atoms with Crippen molar-refractivity contribution in [3.8, 4) is 0 Å². The number of hydrogen-bond donors (Lipinski definition) is 0. The van der Waals surface area contributed by atoms with Crippen LogP contribution < -0.4 is 0 Å². The molecule has 4 nitrogen and oxygen atoms in total. The van der Waals surface area contributed by atoms with E-state index in [1.54, 1.807) is 36.4 Å². The molecule has 23 heavy (non-hydrogen) atoms. The van der Waals surface area contributed by atoms with Gasteiger partial charge >= 0.3 is 5.97 Å². The molecule has 0 saturated heterocycles. The number of carbonyl (C=O) groups is 1. The van der Waals surface area contributed by atoms with Gasteiger partial charge in [0, 0.05) is 0 Å². The lowest BCUT2D eigenvalue weighted by Gasteiger charge is -2.07. The summed E-state index contributed by atoms with van der Waals surface area (Å²) < 4.78 is 29.2. The highest BCUT2D eigenvalue weighted by atomic mass is 35.5. The Morgan fingerprint density at radius 1 is 1.00 bits per heavy atom. The van der Waals surface area contributed by atoms with E-state index in [2.05, 4.69) is 0 Å². The molecule has 0 aliphatic heterocycles. The first-order chi connectivity index (χ1) is 10.9. The van der Waals surface area contributed by atoms with Crippen LogP contribution in [0.25, 0.3) is 0 Å². The van der Waals surface area contributed by atoms with Crippen LogP contribution in [-0.4, -0.2) is 20.1 Å². The molecule has 2 rings (SSSR count). The van der Waals surface area contributed by atoms with Crippen molar-refractivity contribution in [2.75, 3.05) is 5.75 Å². The van der Waals surface area contributed by atoms with Crippen molar-refractivity contribution >= 4 is 39.0 Å².